The minimum Gasteiger partial charge on any atom is -0.497 e. The van der Waals surface area contributed by atoms with Gasteiger partial charge in [0.1, 0.15) is 11.4 Å². The fourth-order valence-electron chi connectivity index (χ4n) is 2.57. The number of rotatable bonds is 8. The molecule has 2 aromatic rings. The lowest BCUT2D eigenvalue weighted by molar-refractivity contribution is -0.0310. The van der Waals surface area contributed by atoms with Crippen molar-refractivity contribution in [3.05, 3.63) is 59.7 Å². The van der Waals surface area contributed by atoms with Crippen molar-refractivity contribution in [3.8, 4) is 5.75 Å². The van der Waals surface area contributed by atoms with Gasteiger partial charge in [-0.15, -0.1) is 0 Å². The standard InChI is InChI=1S/C18H23NO5S/c1-14-11-16(24-3)9-10-17(14)25(21,22)19-12-18(20,13-23-2)15-7-5-4-6-8-15/h4-11,19-20H,12-13H2,1-3H3/t18-/m1/s1. The summed E-state index contributed by atoms with van der Waals surface area (Å²) >= 11 is 0. The van der Waals surface area contributed by atoms with E-state index in [1.807, 2.05) is 6.07 Å². The SMILES string of the molecule is COC[C@](O)(CNS(=O)(=O)c1ccc(OC)cc1C)c1ccccc1. The number of hydrogen-bond donors (Lipinski definition) is 2. The number of aryl methyl sites for hydroxylation is 1. The predicted octanol–water partition coefficient (Wildman–Crippen LogP) is 1.82. The summed E-state index contributed by atoms with van der Waals surface area (Å²) in [4.78, 5) is 0.140. The molecule has 0 amide bonds. The number of ether oxygens (including phenoxy) is 2. The van der Waals surface area contributed by atoms with E-state index in [0.29, 0.717) is 16.9 Å². The molecule has 7 heteroatoms. The fraction of sp³-hybridized carbons (Fsp3) is 0.333. The van der Waals surface area contributed by atoms with Crippen molar-refractivity contribution in [1.82, 2.24) is 4.72 Å². The molecule has 0 saturated heterocycles. The summed E-state index contributed by atoms with van der Waals surface area (Å²) in [5, 5.41) is 10.9. The van der Waals surface area contributed by atoms with E-state index < -0.39 is 15.6 Å². The van der Waals surface area contributed by atoms with Gasteiger partial charge >= 0.3 is 0 Å². The highest BCUT2D eigenvalue weighted by Gasteiger charge is 2.31. The van der Waals surface area contributed by atoms with Crippen LogP contribution in [0.15, 0.2) is 53.4 Å². The number of sulfonamides is 1. The highest BCUT2D eigenvalue weighted by atomic mass is 32.2. The van der Waals surface area contributed by atoms with Crippen LogP contribution < -0.4 is 9.46 Å². The van der Waals surface area contributed by atoms with E-state index in [1.54, 1.807) is 43.3 Å². The zero-order chi connectivity index (χ0) is 18.5. The van der Waals surface area contributed by atoms with Crippen LogP contribution in [0.3, 0.4) is 0 Å². The van der Waals surface area contributed by atoms with Gasteiger partial charge in [-0.2, -0.15) is 0 Å². The van der Waals surface area contributed by atoms with Gasteiger partial charge in [-0.05, 0) is 36.2 Å². The van der Waals surface area contributed by atoms with E-state index in [4.69, 9.17) is 9.47 Å². The predicted molar refractivity (Wildman–Crippen MR) is 95.1 cm³/mol. The Hall–Kier alpha value is -1.93. The second kappa shape index (κ2) is 7.97. The average Bonchev–Trinajstić information content (AvgIpc) is 2.61. The number of methoxy groups -OCH3 is 2. The fourth-order valence-corrected chi connectivity index (χ4v) is 3.88. The van der Waals surface area contributed by atoms with Crippen LogP contribution in [0.2, 0.25) is 0 Å². The molecule has 2 N–H and O–H groups in total. The van der Waals surface area contributed by atoms with Gasteiger partial charge in [-0.25, -0.2) is 13.1 Å². The van der Waals surface area contributed by atoms with E-state index in [-0.39, 0.29) is 18.0 Å². The van der Waals surface area contributed by atoms with Gasteiger partial charge in [0.2, 0.25) is 10.0 Å². The second-order valence-electron chi connectivity index (χ2n) is 5.79. The van der Waals surface area contributed by atoms with Crippen LogP contribution in [0.25, 0.3) is 0 Å². The lowest BCUT2D eigenvalue weighted by Crippen LogP contribution is -2.44. The molecule has 0 unspecified atom stereocenters. The number of hydrogen-bond acceptors (Lipinski definition) is 5. The molecule has 0 aromatic heterocycles. The van der Waals surface area contributed by atoms with Gasteiger partial charge < -0.3 is 14.6 Å². The molecule has 0 aliphatic rings. The summed E-state index contributed by atoms with van der Waals surface area (Å²) in [5.41, 5.74) is -0.337. The zero-order valence-corrected chi connectivity index (χ0v) is 15.3. The molecule has 0 radical (unpaired) electrons. The first-order valence-electron chi connectivity index (χ1n) is 7.73. The third-order valence-electron chi connectivity index (χ3n) is 3.92. The van der Waals surface area contributed by atoms with Crippen molar-refractivity contribution >= 4 is 10.0 Å². The normalized spacial score (nSPS) is 14.1. The van der Waals surface area contributed by atoms with E-state index in [2.05, 4.69) is 4.72 Å². The topological polar surface area (TPSA) is 84.9 Å². The lowest BCUT2D eigenvalue weighted by atomic mass is 9.95. The van der Waals surface area contributed by atoms with Gasteiger partial charge in [0.05, 0.1) is 18.6 Å². The molecule has 0 saturated carbocycles. The van der Waals surface area contributed by atoms with Crippen molar-refractivity contribution in [2.75, 3.05) is 27.4 Å². The zero-order valence-electron chi connectivity index (χ0n) is 14.5. The first kappa shape index (κ1) is 19.4. The Balaban J connectivity index is 2.25. The molecule has 0 fully saturated rings. The molecule has 6 nitrogen and oxygen atoms in total. The molecule has 1 atom stereocenters. The smallest absolute Gasteiger partial charge is 0.240 e. The quantitative estimate of drug-likeness (QED) is 0.745. The molecule has 0 aliphatic heterocycles. The van der Waals surface area contributed by atoms with E-state index in [0.717, 1.165) is 0 Å². The van der Waals surface area contributed by atoms with Crippen LogP contribution in [0.5, 0.6) is 5.75 Å². The molecular weight excluding hydrogens is 342 g/mol. The van der Waals surface area contributed by atoms with Crippen molar-refractivity contribution in [2.45, 2.75) is 17.4 Å². The molecule has 2 rings (SSSR count). The largest absolute Gasteiger partial charge is 0.497 e. The average molecular weight is 365 g/mol. The van der Waals surface area contributed by atoms with Gasteiger partial charge in [-0.1, -0.05) is 30.3 Å². The van der Waals surface area contributed by atoms with Crippen molar-refractivity contribution < 1.29 is 23.0 Å². The Morgan fingerprint density at radius 3 is 2.36 bits per heavy atom. The molecule has 0 heterocycles. The van der Waals surface area contributed by atoms with Crippen LogP contribution in [0.1, 0.15) is 11.1 Å². The first-order chi connectivity index (χ1) is 11.8. The maximum absolute atomic E-state index is 12.6. The number of benzene rings is 2. The molecule has 0 spiro atoms. The van der Waals surface area contributed by atoms with Crippen LogP contribution in [0, 0.1) is 6.92 Å². The molecular formula is C18H23NO5S. The van der Waals surface area contributed by atoms with Gasteiger partial charge in [0, 0.05) is 13.7 Å². The van der Waals surface area contributed by atoms with E-state index in [9.17, 15) is 13.5 Å². The van der Waals surface area contributed by atoms with Crippen molar-refractivity contribution in [3.63, 3.8) is 0 Å². The minimum atomic E-state index is -3.80. The summed E-state index contributed by atoms with van der Waals surface area (Å²) < 4.78 is 37.9. The molecule has 25 heavy (non-hydrogen) atoms. The Kier molecular flexibility index (Phi) is 6.18. The van der Waals surface area contributed by atoms with Gasteiger partial charge in [0.25, 0.3) is 0 Å². The van der Waals surface area contributed by atoms with Crippen LogP contribution in [-0.4, -0.2) is 40.9 Å². The number of nitrogens with one attached hydrogen (secondary N) is 1. The minimum absolute atomic E-state index is 0.0405. The summed E-state index contributed by atoms with van der Waals surface area (Å²) in [6.45, 7) is 1.44. The van der Waals surface area contributed by atoms with Crippen molar-refractivity contribution in [2.24, 2.45) is 0 Å². The summed E-state index contributed by atoms with van der Waals surface area (Å²) in [6.07, 6.45) is 0. The molecule has 0 aliphatic carbocycles. The molecule has 2 aromatic carbocycles. The first-order valence-corrected chi connectivity index (χ1v) is 9.22. The highest BCUT2D eigenvalue weighted by molar-refractivity contribution is 7.89. The Bertz CT molecular complexity index is 807. The highest BCUT2D eigenvalue weighted by Crippen LogP contribution is 2.24. The van der Waals surface area contributed by atoms with Gasteiger partial charge in [-0.3, -0.25) is 0 Å². The third kappa shape index (κ3) is 4.58. The summed E-state index contributed by atoms with van der Waals surface area (Å²) in [5.74, 6) is 0.580. The monoisotopic (exact) mass is 365 g/mol. The number of aliphatic hydroxyl groups is 1. The maximum Gasteiger partial charge on any atom is 0.240 e. The summed E-state index contributed by atoms with van der Waals surface area (Å²) in [6, 6.07) is 13.5. The van der Waals surface area contributed by atoms with Crippen molar-refractivity contribution in [1.29, 1.82) is 0 Å². The Morgan fingerprint density at radius 1 is 1.12 bits per heavy atom. The Labute approximate surface area is 148 Å². The van der Waals surface area contributed by atoms with Crippen LogP contribution in [0.4, 0.5) is 0 Å². The molecule has 0 bridgehead atoms. The van der Waals surface area contributed by atoms with E-state index in [1.165, 1.54) is 20.3 Å². The van der Waals surface area contributed by atoms with E-state index >= 15 is 0 Å². The van der Waals surface area contributed by atoms with Gasteiger partial charge in [0.15, 0.2) is 0 Å². The Morgan fingerprint density at radius 2 is 1.80 bits per heavy atom. The van der Waals surface area contributed by atoms with Crippen LogP contribution >= 0.6 is 0 Å². The maximum atomic E-state index is 12.6. The molecule has 136 valence electrons. The van der Waals surface area contributed by atoms with Crippen LogP contribution in [-0.2, 0) is 20.4 Å². The third-order valence-corrected chi connectivity index (χ3v) is 5.48. The second-order valence-corrected chi connectivity index (χ2v) is 7.52. The lowest BCUT2D eigenvalue weighted by Gasteiger charge is -2.28. The summed E-state index contributed by atoms with van der Waals surface area (Å²) in [7, 11) is -0.822.